The molecule has 0 bridgehead atoms. The van der Waals surface area contributed by atoms with Crippen LogP contribution in [0, 0.1) is 12.7 Å². The van der Waals surface area contributed by atoms with Gasteiger partial charge in [-0.25, -0.2) is 4.39 Å². The van der Waals surface area contributed by atoms with Crippen LogP contribution in [0.4, 0.5) is 10.1 Å². The third-order valence-electron chi connectivity index (χ3n) is 2.94. The zero-order chi connectivity index (χ0) is 14.0. The van der Waals surface area contributed by atoms with E-state index in [9.17, 15) is 9.18 Å². The molecule has 19 heavy (non-hydrogen) atoms. The van der Waals surface area contributed by atoms with E-state index in [4.69, 9.17) is 10.5 Å². The van der Waals surface area contributed by atoms with Gasteiger partial charge in [0.05, 0.1) is 7.11 Å². The minimum Gasteiger partial charge on any atom is -0.497 e. The number of aryl methyl sites for hydroxylation is 1. The van der Waals surface area contributed by atoms with Crippen molar-refractivity contribution in [2.45, 2.75) is 6.92 Å². The second-order valence-electron chi connectivity index (χ2n) is 4.25. The lowest BCUT2D eigenvalue weighted by atomic mass is 10.0. The highest BCUT2D eigenvalue weighted by atomic mass is 19.1. The quantitative estimate of drug-likeness (QED) is 0.681. The van der Waals surface area contributed by atoms with Crippen molar-refractivity contribution in [3.8, 4) is 5.75 Å². The summed E-state index contributed by atoms with van der Waals surface area (Å²) in [5.41, 5.74) is 7.19. The maximum atomic E-state index is 13.5. The number of methoxy groups -OCH3 is 1. The van der Waals surface area contributed by atoms with Crippen molar-refractivity contribution in [1.82, 2.24) is 0 Å². The number of ketones is 1. The van der Waals surface area contributed by atoms with Gasteiger partial charge in [-0.15, -0.1) is 0 Å². The fraction of sp³-hybridized carbons (Fsp3) is 0.133. The van der Waals surface area contributed by atoms with E-state index in [0.29, 0.717) is 22.6 Å². The van der Waals surface area contributed by atoms with Crippen LogP contribution in [0.5, 0.6) is 5.75 Å². The maximum Gasteiger partial charge on any atom is 0.195 e. The number of ether oxygens (including phenoxy) is 1. The summed E-state index contributed by atoms with van der Waals surface area (Å²) in [5.74, 6) is -0.201. The largest absolute Gasteiger partial charge is 0.497 e. The minimum absolute atomic E-state index is 0.267. The number of nitrogens with two attached hydrogens (primary N) is 1. The molecule has 0 fully saturated rings. The predicted molar refractivity (Wildman–Crippen MR) is 72.0 cm³/mol. The lowest BCUT2D eigenvalue weighted by Crippen LogP contribution is -2.06. The molecule has 0 unspecified atom stereocenters. The Morgan fingerprint density at radius 2 is 1.95 bits per heavy atom. The summed E-state index contributed by atoms with van der Waals surface area (Å²) in [6.45, 7) is 1.64. The molecule has 0 saturated carbocycles. The number of anilines is 1. The molecule has 4 heteroatoms. The molecule has 0 spiro atoms. The highest BCUT2D eigenvalue weighted by molar-refractivity contribution is 6.12. The van der Waals surface area contributed by atoms with Crippen LogP contribution >= 0.6 is 0 Å². The van der Waals surface area contributed by atoms with Crippen LogP contribution in [-0.4, -0.2) is 12.9 Å². The fourth-order valence-electron chi connectivity index (χ4n) is 1.75. The molecular weight excluding hydrogens is 245 g/mol. The van der Waals surface area contributed by atoms with Gasteiger partial charge in [0.25, 0.3) is 0 Å². The van der Waals surface area contributed by atoms with Crippen molar-refractivity contribution < 1.29 is 13.9 Å². The van der Waals surface area contributed by atoms with Crippen LogP contribution in [0.3, 0.4) is 0 Å². The van der Waals surface area contributed by atoms with Crippen molar-refractivity contribution in [2.24, 2.45) is 0 Å². The monoisotopic (exact) mass is 259 g/mol. The first-order valence-corrected chi connectivity index (χ1v) is 5.77. The molecule has 0 aliphatic heterocycles. The van der Waals surface area contributed by atoms with Crippen LogP contribution in [-0.2, 0) is 0 Å². The molecule has 0 radical (unpaired) electrons. The fourth-order valence-corrected chi connectivity index (χ4v) is 1.75. The van der Waals surface area contributed by atoms with Crippen LogP contribution in [0.15, 0.2) is 36.4 Å². The van der Waals surface area contributed by atoms with Gasteiger partial charge in [0, 0.05) is 16.8 Å². The molecule has 2 aromatic rings. The third-order valence-corrected chi connectivity index (χ3v) is 2.94. The molecule has 0 amide bonds. The Labute approximate surface area is 110 Å². The maximum absolute atomic E-state index is 13.5. The average molecular weight is 259 g/mol. The average Bonchev–Trinajstić information content (AvgIpc) is 2.41. The van der Waals surface area contributed by atoms with Gasteiger partial charge in [0.2, 0.25) is 0 Å². The van der Waals surface area contributed by atoms with E-state index in [1.54, 1.807) is 37.3 Å². The highest BCUT2D eigenvalue weighted by Crippen LogP contribution is 2.23. The summed E-state index contributed by atoms with van der Waals surface area (Å²) in [4.78, 5) is 12.3. The Morgan fingerprint density at radius 1 is 1.21 bits per heavy atom. The van der Waals surface area contributed by atoms with E-state index in [2.05, 4.69) is 0 Å². The van der Waals surface area contributed by atoms with E-state index >= 15 is 0 Å². The molecule has 3 nitrogen and oxygen atoms in total. The Morgan fingerprint density at radius 3 is 2.58 bits per heavy atom. The van der Waals surface area contributed by atoms with Crippen molar-refractivity contribution in [3.05, 3.63) is 58.9 Å². The second kappa shape index (κ2) is 5.10. The first-order chi connectivity index (χ1) is 9.02. The number of carbonyl (C=O) groups is 1. The molecule has 2 N–H and O–H groups in total. The molecule has 0 aliphatic carbocycles. The molecule has 0 heterocycles. The minimum atomic E-state index is -0.410. The number of benzene rings is 2. The first kappa shape index (κ1) is 13.1. The summed E-state index contributed by atoms with van der Waals surface area (Å²) < 4.78 is 18.5. The van der Waals surface area contributed by atoms with E-state index < -0.39 is 5.82 Å². The van der Waals surface area contributed by atoms with Gasteiger partial charge in [-0.3, -0.25) is 4.79 Å². The van der Waals surface area contributed by atoms with Gasteiger partial charge in [0.1, 0.15) is 11.6 Å². The molecule has 0 saturated heterocycles. The molecule has 0 aliphatic rings. The number of nitrogen functional groups attached to an aromatic ring is 1. The van der Waals surface area contributed by atoms with Gasteiger partial charge >= 0.3 is 0 Å². The van der Waals surface area contributed by atoms with Gasteiger partial charge in [-0.05, 0) is 36.8 Å². The summed E-state index contributed by atoms with van der Waals surface area (Å²) in [6, 6.07) is 9.18. The van der Waals surface area contributed by atoms with Crippen molar-refractivity contribution in [3.63, 3.8) is 0 Å². The summed E-state index contributed by atoms with van der Waals surface area (Å²) >= 11 is 0. The van der Waals surface area contributed by atoms with E-state index in [-0.39, 0.29) is 11.3 Å². The zero-order valence-electron chi connectivity index (χ0n) is 10.7. The standard InChI is InChI=1S/C15H14FNO2/c1-9-3-4-10(7-13(9)16)15(18)12-8-11(19-2)5-6-14(12)17/h3-8H,17H2,1-2H3. The molecule has 0 atom stereocenters. The highest BCUT2D eigenvalue weighted by Gasteiger charge is 2.14. The molecule has 0 aromatic heterocycles. The summed E-state index contributed by atoms with van der Waals surface area (Å²) in [5, 5.41) is 0. The normalized spacial score (nSPS) is 10.3. The Hall–Kier alpha value is -2.36. The predicted octanol–water partition coefficient (Wildman–Crippen LogP) is 2.96. The van der Waals surface area contributed by atoms with Gasteiger partial charge < -0.3 is 10.5 Å². The Bertz CT molecular complexity index is 638. The topological polar surface area (TPSA) is 52.3 Å². The van der Waals surface area contributed by atoms with Crippen molar-refractivity contribution >= 4 is 11.5 Å². The lowest BCUT2D eigenvalue weighted by Gasteiger charge is -2.08. The van der Waals surface area contributed by atoms with E-state index in [0.717, 1.165) is 0 Å². The van der Waals surface area contributed by atoms with E-state index in [1.807, 2.05) is 0 Å². The number of rotatable bonds is 3. The number of hydrogen-bond donors (Lipinski definition) is 1. The number of hydrogen-bond acceptors (Lipinski definition) is 3. The van der Waals surface area contributed by atoms with Crippen LogP contribution in [0.25, 0.3) is 0 Å². The van der Waals surface area contributed by atoms with Gasteiger partial charge in [0.15, 0.2) is 5.78 Å². The molecule has 2 aromatic carbocycles. The Balaban J connectivity index is 2.46. The van der Waals surface area contributed by atoms with Crippen molar-refractivity contribution in [2.75, 3.05) is 12.8 Å². The molecular formula is C15H14FNO2. The first-order valence-electron chi connectivity index (χ1n) is 5.77. The summed E-state index contributed by atoms with van der Waals surface area (Å²) in [7, 11) is 1.51. The third kappa shape index (κ3) is 2.57. The smallest absolute Gasteiger partial charge is 0.195 e. The Kier molecular flexibility index (Phi) is 3.51. The van der Waals surface area contributed by atoms with Crippen LogP contribution < -0.4 is 10.5 Å². The molecule has 2 rings (SSSR count). The van der Waals surface area contributed by atoms with Crippen molar-refractivity contribution in [1.29, 1.82) is 0 Å². The lowest BCUT2D eigenvalue weighted by molar-refractivity contribution is 0.103. The zero-order valence-corrected chi connectivity index (χ0v) is 10.7. The SMILES string of the molecule is COc1ccc(N)c(C(=O)c2ccc(C)c(F)c2)c1. The van der Waals surface area contributed by atoms with Crippen LogP contribution in [0.2, 0.25) is 0 Å². The van der Waals surface area contributed by atoms with Crippen LogP contribution in [0.1, 0.15) is 21.5 Å². The van der Waals surface area contributed by atoms with Gasteiger partial charge in [-0.2, -0.15) is 0 Å². The molecule has 98 valence electrons. The van der Waals surface area contributed by atoms with E-state index in [1.165, 1.54) is 13.2 Å². The number of halogens is 1. The van der Waals surface area contributed by atoms with Gasteiger partial charge in [-0.1, -0.05) is 12.1 Å². The second-order valence-corrected chi connectivity index (χ2v) is 4.25. The summed E-state index contributed by atoms with van der Waals surface area (Å²) in [6.07, 6.45) is 0. The number of carbonyl (C=O) groups excluding carboxylic acids is 1.